The minimum Gasteiger partial charge on any atom is -0.469 e. The SMILES string of the molecule is COC(=O)[C@@]1(C)CC[C@]2(C(=O)NCCCc3ccccc3)CC[C@]3(C)C(=CC[C@@H]4[C@@]5(C)C[C@H](O)[C@H](O[C@@H]6OC[C@@H](O[C@@H]7O[C@H](CO)[C@@H](O)[C@H](O)[C@H]7O)[C@H](O)[C@H]6O)[C@@](C)(CO)[C@@H]5CC[C@]43C)[C@@H]2C1. The number of rotatable bonds is 12. The van der Waals surface area contributed by atoms with E-state index in [0.717, 1.165) is 25.7 Å². The molecule has 1 amide bonds. The molecular formula is C51H77NO15. The summed E-state index contributed by atoms with van der Waals surface area (Å²) in [6.45, 7) is 10.1. The van der Waals surface area contributed by atoms with Crippen LogP contribution in [0.2, 0.25) is 0 Å². The maximum Gasteiger partial charge on any atom is 0.311 e. The Labute approximate surface area is 394 Å². The van der Waals surface area contributed by atoms with Crippen molar-refractivity contribution in [2.45, 2.75) is 173 Å². The lowest BCUT2D eigenvalue weighted by molar-refractivity contribution is -0.357. The Morgan fingerprint density at radius 3 is 2.19 bits per heavy atom. The first-order chi connectivity index (χ1) is 31.7. The topological polar surface area (TPSA) is 254 Å². The van der Waals surface area contributed by atoms with Gasteiger partial charge in [-0.2, -0.15) is 0 Å². The summed E-state index contributed by atoms with van der Waals surface area (Å²) in [4.78, 5) is 28.2. The Balaban J connectivity index is 1.01. The largest absolute Gasteiger partial charge is 0.469 e. The van der Waals surface area contributed by atoms with Crippen LogP contribution in [0.1, 0.15) is 104 Å². The monoisotopic (exact) mass is 944 g/mol. The van der Waals surface area contributed by atoms with Gasteiger partial charge in [0.25, 0.3) is 0 Å². The summed E-state index contributed by atoms with van der Waals surface area (Å²) in [6, 6.07) is 10.3. The van der Waals surface area contributed by atoms with Crippen molar-refractivity contribution in [1.29, 1.82) is 0 Å². The average molecular weight is 944 g/mol. The summed E-state index contributed by atoms with van der Waals surface area (Å²) in [7, 11) is 1.44. The zero-order chi connectivity index (χ0) is 48.5. The molecule has 7 aliphatic rings. The van der Waals surface area contributed by atoms with Gasteiger partial charge >= 0.3 is 5.97 Å². The number of hydrogen-bond acceptors (Lipinski definition) is 15. The van der Waals surface area contributed by atoms with Crippen molar-refractivity contribution in [1.82, 2.24) is 5.32 Å². The van der Waals surface area contributed by atoms with Gasteiger partial charge in [0.15, 0.2) is 12.6 Å². The minimum atomic E-state index is -1.73. The summed E-state index contributed by atoms with van der Waals surface area (Å²) < 4.78 is 28.9. The second kappa shape index (κ2) is 18.9. The molecule has 1 aromatic carbocycles. The predicted octanol–water partition coefficient (Wildman–Crippen LogP) is 2.28. The third kappa shape index (κ3) is 8.24. The van der Waals surface area contributed by atoms with E-state index in [2.05, 4.69) is 44.3 Å². The van der Waals surface area contributed by atoms with Crippen LogP contribution in [0.25, 0.3) is 0 Å². The molecule has 0 bridgehead atoms. The van der Waals surface area contributed by atoms with Gasteiger partial charge in [0, 0.05) is 12.0 Å². The Morgan fingerprint density at radius 2 is 1.51 bits per heavy atom. The van der Waals surface area contributed by atoms with Gasteiger partial charge < -0.3 is 69.9 Å². The number of aliphatic hydroxyl groups excluding tert-OH is 8. The molecule has 8 rings (SSSR count). The lowest BCUT2D eigenvalue weighted by atomic mass is 9.33. The fourth-order valence-corrected chi connectivity index (χ4v) is 15.1. The van der Waals surface area contributed by atoms with Crippen LogP contribution in [0.5, 0.6) is 0 Å². The zero-order valence-electron chi connectivity index (χ0n) is 40.1. The number of aryl methyl sites for hydroxylation is 1. The molecule has 9 N–H and O–H groups in total. The number of carbonyl (C=O) groups is 2. The number of ether oxygens (including phenoxy) is 5. The number of benzene rings is 1. The van der Waals surface area contributed by atoms with Gasteiger partial charge in [-0.05, 0) is 117 Å². The molecule has 1 aromatic rings. The highest BCUT2D eigenvalue weighted by molar-refractivity contribution is 5.85. The normalized spacial score (nSPS) is 48.4. The molecule has 0 spiro atoms. The zero-order valence-corrected chi connectivity index (χ0v) is 40.1. The maximum atomic E-state index is 14.7. The highest BCUT2D eigenvalue weighted by atomic mass is 16.7. The molecule has 20 atom stereocenters. The van der Waals surface area contributed by atoms with Crippen molar-refractivity contribution in [3.8, 4) is 0 Å². The standard InChI is InChI=1S/C51H77NO15/c1-46(45(62)63-6)18-20-51(44(61)52-22-10-13-28-11-8-7-9-12-28)21-19-49(4)29(30(51)23-46)14-15-35-47(2)24-31(55)41(48(3,27-54)34(47)16-17-50(35,49)5)67-42-39(59)37(57)33(26-64-42)66-43-40(60)38(58)36(56)32(25-53)65-43/h7-9,11-12,14,30-43,53-60H,10,13,15-27H2,1-6H3,(H,52,61)/t30-,31-,32+,33+,34+,35+,36+,37-,38-,39+,40+,41-,42-,43-,46-,47-,48-,49+,50+,51-/m0/s1. The molecule has 0 unspecified atom stereocenters. The first-order valence-corrected chi connectivity index (χ1v) is 24.7. The van der Waals surface area contributed by atoms with Gasteiger partial charge in [-0.3, -0.25) is 9.59 Å². The predicted molar refractivity (Wildman–Crippen MR) is 241 cm³/mol. The molecule has 2 saturated heterocycles. The number of methoxy groups -OCH3 is 1. The smallest absolute Gasteiger partial charge is 0.311 e. The molecular weight excluding hydrogens is 867 g/mol. The molecule has 67 heavy (non-hydrogen) atoms. The second-order valence-electron chi connectivity index (χ2n) is 22.7. The lowest BCUT2D eigenvalue weighted by Crippen LogP contribution is -2.69. The number of nitrogens with one attached hydrogen (secondary N) is 1. The van der Waals surface area contributed by atoms with Crippen LogP contribution in [0.15, 0.2) is 42.0 Å². The van der Waals surface area contributed by atoms with Gasteiger partial charge in [0.1, 0.15) is 42.7 Å². The molecule has 0 aromatic heterocycles. The number of amides is 1. The Hall–Kier alpha value is -2.58. The van der Waals surface area contributed by atoms with Crippen molar-refractivity contribution in [3.63, 3.8) is 0 Å². The van der Waals surface area contributed by atoms with Crippen LogP contribution >= 0.6 is 0 Å². The third-order valence-corrected chi connectivity index (χ3v) is 19.2. The molecule has 16 nitrogen and oxygen atoms in total. The first-order valence-electron chi connectivity index (χ1n) is 24.7. The fourth-order valence-electron chi connectivity index (χ4n) is 15.1. The van der Waals surface area contributed by atoms with E-state index >= 15 is 0 Å². The number of carbonyl (C=O) groups excluding carboxylic acids is 2. The average Bonchev–Trinajstić information content (AvgIpc) is 3.31. The van der Waals surface area contributed by atoms with E-state index in [9.17, 15) is 50.4 Å². The second-order valence-corrected chi connectivity index (χ2v) is 22.7. The van der Waals surface area contributed by atoms with E-state index in [1.165, 1.54) is 18.2 Å². The molecule has 2 aliphatic heterocycles. The highest BCUT2D eigenvalue weighted by Crippen LogP contribution is 2.76. The van der Waals surface area contributed by atoms with Gasteiger partial charge in [-0.25, -0.2) is 0 Å². The molecule has 376 valence electrons. The first kappa shape index (κ1) is 50.8. The molecule has 16 heteroatoms. The van der Waals surface area contributed by atoms with E-state index in [0.29, 0.717) is 51.5 Å². The Bertz CT molecular complexity index is 1970. The van der Waals surface area contributed by atoms with Crippen molar-refractivity contribution < 1.29 is 74.1 Å². The molecule has 6 fully saturated rings. The summed E-state index contributed by atoms with van der Waals surface area (Å²) in [5.74, 6) is -0.408. The molecule has 5 aliphatic carbocycles. The van der Waals surface area contributed by atoms with E-state index in [1.54, 1.807) is 0 Å². The Morgan fingerprint density at radius 1 is 0.806 bits per heavy atom. The number of esters is 1. The lowest BCUT2D eigenvalue weighted by Gasteiger charge is -2.72. The summed E-state index contributed by atoms with van der Waals surface area (Å²) in [5, 5.41) is 90.1. The van der Waals surface area contributed by atoms with Crippen LogP contribution < -0.4 is 5.32 Å². The van der Waals surface area contributed by atoms with E-state index < -0.39 is 95.8 Å². The number of aliphatic hydroxyl groups is 8. The van der Waals surface area contributed by atoms with Gasteiger partial charge in [0.05, 0.1) is 50.0 Å². The fraction of sp³-hybridized carbons (Fsp3) is 0.804. The van der Waals surface area contributed by atoms with Crippen LogP contribution in [-0.4, -0.2) is 154 Å². The Kier molecular flexibility index (Phi) is 14.3. The number of hydrogen-bond donors (Lipinski definition) is 9. The van der Waals surface area contributed by atoms with Crippen molar-refractivity contribution >= 4 is 11.9 Å². The van der Waals surface area contributed by atoms with E-state index in [1.807, 2.05) is 32.0 Å². The number of allylic oxidation sites excluding steroid dienone is 2. The van der Waals surface area contributed by atoms with Gasteiger partial charge in [-0.1, -0.05) is 69.7 Å². The third-order valence-electron chi connectivity index (χ3n) is 19.2. The summed E-state index contributed by atoms with van der Waals surface area (Å²) >= 11 is 0. The van der Waals surface area contributed by atoms with Crippen LogP contribution in [0.3, 0.4) is 0 Å². The van der Waals surface area contributed by atoms with Gasteiger partial charge in [0.2, 0.25) is 5.91 Å². The minimum absolute atomic E-state index is 0.0694. The van der Waals surface area contributed by atoms with Crippen LogP contribution in [0.4, 0.5) is 0 Å². The van der Waals surface area contributed by atoms with Crippen molar-refractivity contribution in [2.24, 2.45) is 50.2 Å². The van der Waals surface area contributed by atoms with Crippen LogP contribution in [0, 0.1) is 50.2 Å². The highest BCUT2D eigenvalue weighted by Gasteiger charge is 2.71. The van der Waals surface area contributed by atoms with E-state index in [-0.39, 0.29) is 53.7 Å². The quantitative estimate of drug-likeness (QED) is 0.0631. The van der Waals surface area contributed by atoms with Crippen LogP contribution in [-0.2, 0) is 39.7 Å². The van der Waals surface area contributed by atoms with Crippen molar-refractivity contribution in [3.05, 3.63) is 47.5 Å². The van der Waals surface area contributed by atoms with Gasteiger partial charge in [-0.15, -0.1) is 0 Å². The number of fused-ring (bicyclic) bond motifs is 7. The molecule has 4 saturated carbocycles. The van der Waals surface area contributed by atoms with Crippen molar-refractivity contribution in [2.75, 3.05) is 33.5 Å². The summed E-state index contributed by atoms with van der Waals surface area (Å²) in [5.41, 5.74) is -1.02. The maximum absolute atomic E-state index is 14.7. The molecule has 0 radical (unpaired) electrons. The van der Waals surface area contributed by atoms with E-state index in [4.69, 9.17) is 23.7 Å². The molecule has 2 heterocycles. The summed E-state index contributed by atoms with van der Waals surface area (Å²) in [6.07, 6.45) is -6.22.